The summed E-state index contributed by atoms with van der Waals surface area (Å²) >= 11 is 1.75. The Hall–Kier alpha value is 0.270. The molecule has 0 spiro atoms. The summed E-state index contributed by atoms with van der Waals surface area (Å²) < 4.78 is 0. The van der Waals surface area contributed by atoms with Gasteiger partial charge in [0.25, 0.3) is 0 Å². The number of hydrogen-bond acceptors (Lipinski definition) is 3. The van der Waals surface area contributed by atoms with E-state index in [4.69, 9.17) is 5.73 Å². The van der Waals surface area contributed by atoms with Gasteiger partial charge in [-0.3, -0.25) is 0 Å². The minimum absolute atomic E-state index is 0.108. The van der Waals surface area contributed by atoms with Crippen LogP contribution in [0.15, 0.2) is 0 Å². The average molecular weight is 161 g/mol. The summed E-state index contributed by atoms with van der Waals surface area (Å²) in [6.07, 6.45) is 3.94. The molecule has 0 aliphatic heterocycles. The zero-order valence-electron chi connectivity index (χ0n) is 6.29. The van der Waals surface area contributed by atoms with Crippen molar-refractivity contribution in [2.75, 3.05) is 12.8 Å². The third-order valence-electron chi connectivity index (χ3n) is 2.21. The van der Waals surface area contributed by atoms with Crippen LogP contribution in [0, 0.1) is 5.92 Å². The Bertz CT molecular complexity index is 110. The molecule has 1 aliphatic carbocycles. The molecule has 0 amide bonds. The Labute approximate surface area is 66.2 Å². The fraction of sp³-hybridized carbons (Fsp3) is 1.00. The molecule has 0 radical (unpaired) electrons. The molecule has 1 fully saturated rings. The fourth-order valence-corrected chi connectivity index (χ4v) is 2.41. The molecule has 3 N–H and O–H groups in total. The smallest absolute Gasteiger partial charge is 0.0661 e. The molecule has 0 unspecified atom stereocenters. The van der Waals surface area contributed by atoms with Gasteiger partial charge >= 0.3 is 0 Å². The standard InChI is InChI=1S/C7H15NOS/c1-10-7-3-5(4-8)2-6(7)9/h5-7,9H,2-4,8H2,1H3/t5-,6+,7+/m1/s1. The summed E-state index contributed by atoms with van der Waals surface area (Å²) in [5.74, 6) is 0.562. The van der Waals surface area contributed by atoms with Crippen LogP contribution in [0.2, 0.25) is 0 Å². The third kappa shape index (κ3) is 1.65. The van der Waals surface area contributed by atoms with Gasteiger partial charge in [-0.15, -0.1) is 0 Å². The number of nitrogens with two attached hydrogens (primary N) is 1. The predicted molar refractivity (Wildman–Crippen MR) is 45.1 cm³/mol. The zero-order chi connectivity index (χ0) is 7.56. The highest BCUT2D eigenvalue weighted by molar-refractivity contribution is 7.99. The number of aliphatic hydroxyl groups is 1. The van der Waals surface area contributed by atoms with Crippen LogP contribution in [0.1, 0.15) is 12.8 Å². The highest BCUT2D eigenvalue weighted by Gasteiger charge is 2.31. The average Bonchev–Trinajstić information content (AvgIpc) is 2.30. The van der Waals surface area contributed by atoms with Gasteiger partial charge in [0.05, 0.1) is 6.10 Å². The molecule has 0 saturated heterocycles. The third-order valence-corrected chi connectivity index (χ3v) is 3.32. The molecule has 0 aromatic rings. The van der Waals surface area contributed by atoms with Crippen molar-refractivity contribution in [3.8, 4) is 0 Å². The molecule has 10 heavy (non-hydrogen) atoms. The van der Waals surface area contributed by atoms with Crippen LogP contribution in [-0.4, -0.2) is 29.3 Å². The first-order chi connectivity index (χ1) is 4.77. The van der Waals surface area contributed by atoms with E-state index in [0.717, 1.165) is 19.4 Å². The molecule has 3 atom stereocenters. The van der Waals surface area contributed by atoms with E-state index < -0.39 is 0 Å². The maximum Gasteiger partial charge on any atom is 0.0661 e. The SMILES string of the molecule is CS[C@H]1C[C@H](CN)C[C@@H]1O. The second-order valence-electron chi connectivity index (χ2n) is 2.91. The van der Waals surface area contributed by atoms with Crippen molar-refractivity contribution in [3.63, 3.8) is 0 Å². The van der Waals surface area contributed by atoms with Gasteiger partial charge in [-0.05, 0) is 31.6 Å². The normalized spacial score (nSPS) is 40.5. The van der Waals surface area contributed by atoms with Crippen LogP contribution in [0.3, 0.4) is 0 Å². The van der Waals surface area contributed by atoms with E-state index in [0.29, 0.717) is 11.2 Å². The lowest BCUT2D eigenvalue weighted by atomic mass is 10.1. The van der Waals surface area contributed by atoms with E-state index in [1.165, 1.54) is 0 Å². The van der Waals surface area contributed by atoms with Gasteiger partial charge in [-0.1, -0.05) is 0 Å². The maximum atomic E-state index is 9.41. The highest BCUT2D eigenvalue weighted by atomic mass is 32.2. The predicted octanol–water partition coefficient (Wildman–Crippen LogP) is 0.448. The maximum absolute atomic E-state index is 9.41. The summed E-state index contributed by atoms with van der Waals surface area (Å²) in [5, 5.41) is 9.85. The van der Waals surface area contributed by atoms with E-state index in [1.54, 1.807) is 11.8 Å². The topological polar surface area (TPSA) is 46.2 Å². The fourth-order valence-electron chi connectivity index (χ4n) is 1.52. The first-order valence-electron chi connectivity index (χ1n) is 3.68. The molecule has 60 valence electrons. The number of hydrogen-bond donors (Lipinski definition) is 2. The largest absolute Gasteiger partial charge is 0.392 e. The van der Waals surface area contributed by atoms with Gasteiger partial charge < -0.3 is 10.8 Å². The van der Waals surface area contributed by atoms with Gasteiger partial charge in [0.15, 0.2) is 0 Å². The Balaban J connectivity index is 2.36. The lowest BCUT2D eigenvalue weighted by Gasteiger charge is -2.08. The summed E-state index contributed by atoms with van der Waals surface area (Å²) in [5.41, 5.74) is 5.49. The van der Waals surface area contributed by atoms with Crippen molar-refractivity contribution < 1.29 is 5.11 Å². The van der Waals surface area contributed by atoms with Crippen molar-refractivity contribution in [2.45, 2.75) is 24.2 Å². The van der Waals surface area contributed by atoms with Crippen LogP contribution in [0.25, 0.3) is 0 Å². The van der Waals surface area contributed by atoms with Gasteiger partial charge in [0.1, 0.15) is 0 Å². The number of aliphatic hydroxyl groups excluding tert-OH is 1. The molecule has 0 bridgehead atoms. The molecule has 1 aliphatic rings. The highest BCUT2D eigenvalue weighted by Crippen LogP contribution is 2.32. The van der Waals surface area contributed by atoms with Gasteiger partial charge in [-0.25, -0.2) is 0 Å². The van der Waals surface area contributed by atoms with Crippen LogP contribution in [0.5, 0.6) is 0 Å². The van der Waals surface area contributed by atoms with E-state index in [1.807, 2.05) is 6.26 Å². The van der Waals surface area contributed by atoms with E-state index in [2.05, 4.69) is 0 Å². The second kappa shape index (κ2) is 3.60. The quantitative estimate of drug-likeness (QED) is 0.618. The Morgan fingerprint density at radius 2 is 2.30 bits per heavy atom. The molecule has 1 saturated carbocycles. The lowest BCUT2D eigenvalue weighted by molar-refractivity contribution is 0.182. The Morgan fingerprint density at radius 3 is 2.60 bits per heavy atom. The molecular formula is C7H15NOS. The van der Waals surface area contributed by atoms with Crippen LogP contribution < -0.4 is 5.73 Å². The van der Waals surface area contributed by atoms with E-state index >= 15 is 0 Å². The summed E-state index contributed by atoms with van der Waals surface area (Å²) in [6, 6.07) is 0. The Kier molecular flexibility index (Phi) is 3.01. The van der Waals surface area contributed by atoms with E-state index in [9.17, 15) is 5.11 Å². The molecular weight excluding hydrogens is 146 g/mol. The van der Waals surface area contributed by atoms with Crippen molar-refractivity contribution in [1.82, 2.24) is 0 Å². The first kappa shape index (κ1) is 8.37. The minimum atomic E-state index is -0.108. The molecule has 0 aromatic heterocycles. The first-order valence-corrected chi connectivity index (χ1v) is 4.97. The second-order valence-corrected chi connectivity index (χ2v) is 3.99. The van der Waals surface area contributed by atoms with Crippen molar-refractivity contribution >= 4 is 11.8 Å². The van der Waals surface area contributed by atoms with Gasteiger partial charge in [0.2, 0.25) is 0 Å². The summed E-state index contributed by atoms with van der Waals surface area (Å²) in [7, 11) is 0. The summed E-state index contributed by atoms with van der Waals surface area (Å²) in [4.78, 5) is 0. The number of rotatable bonds is 2. The Morgan fingerprint density at radius 1 is 1.60 bits per heavy atom. The van der Waals surface area contributed by atoms with Crippen molar-refractivity contribution in [1.29, 1.82) is 0 Å². The van der Waals surface area contributed by atoms with Gasteiger partial charge in [0, 0.05) is 5.25 Å². The molecule has 2 nitrogen and oxygen atoms in total. The van der Waals surface area contributed by atoms with Crippen LogP contribution >= 0.6 is 11.8 Å². The van der Waals surface area contributed by atoms with Crippen molar-refractivity contribution in [3.05, 3.63) is 0 Å². The van der Waals surface area contributed by atoms with E-state index in [-0.39, 0.29) is 6.10 Å². The molecule has 0 heterocycles. The van der Waals surface area contributed by atoms with Gasteiger partial charge in [-0.2, -0.15) is 11.8 Å². The molecule has 0 aromatic carbocycles. The minimum Gasteiger partial charge on any atom is -0.392 e. The summed E-state index contributed by atoms with van der Waals surface area (Å²) in [6.45, 7) is 0.730. The van der Waals surface area contributed by atoms with Crippen LogP contribution in [0.4, 0.5) is 0 Å². The molecule has 3 heteroatoms. The molecule has 1 rings (SSSR count). The van der Waals surface area contributed by atoms with Crippen molar-refractivity contribution in [2.24, 2.45) is 11.7 Å². The van der Waals surface area contributed by atoms with Crippen LogP contribution in [-0.2, 0) is 0 Å². The zero-order valence-corrected chi connectivity index (χ0v) is 7.10. The monoisotopic (exact) mass is 161 g/mol. The number of thioether (sulfide) groups is 1. The lowest BCUT2D eigenvalue weighted by Crippen LogP contribution is -2.14.